The number of likely N-dealkylation sites (N-methyl/N-ethyl adjacent to an activating group) is 1. The molecule has 1 saturated heterocycles. The van der Waals surface area contributed by atoms with Crippen LogP contribution in [0.25, 0.3) is 0 Å². The van der Waals surface area contributed by atoms with Crippen LogP contribution >= 0.6 is 0 Å². The quantitative estimate of drug-likeness (QED) is 0.762. The summed E-state index contributed by atoms with van der Waals surface area (Å²) in [5.41, 5.74) is 4.31. The number of unbranched alkanes of at least 4 members (excludes halogenated alkanes) is 1. The zero-order valence-electron chi connectivity index (χ0n) is 18.5. The van der Waals surface area contributed by atoms with Crippen LogP contribution in [0.15, 0.2) is 24.3 Å². The molecule has 1 fully saturated rings. The third kappa shape index (κ3) is 4.48. The van der Waals surface area contributed by atoms with Gasteiger partial charge in [-0.2, -0.15) is 0 Å². The maximum atomic E-state index is 13.2. The maximum absolute atomic E-state index is 13.2. The SMILES string of the molecule is CCCCc1ccc(C(=O)N2CCc3nc(C)nc(N4CCN(C)CC4)c3C2)cc1. The first-order valence-corrected chi connectivity index (χ1v) is 11.2. The second kappa shape index (κ2) is 9.13. The topological polar surface area (TPSA) is 52.6 Å². The summed E-state index contributed by atoms with van der Waals surface area (Å²) in [5, 5.41) is 0. The molecule has 1 amide bonds. The summed E-state index contributed by atoms with van der Waals surface area (Å²) < 4.78 is 0. The number of aromatic nitrogens is 2. The molecular formula is C24H33N5O. The fourth-order valence-electron chi connectivity index (χ4n) is 4.35. The van der Waals surface area contributed by atoms with Gasteiger partial charge in [-0.25, -0.2) is 9.97 Å². The molecule has 0 N–H and O–H groups in total. The Morgan fingerprint density at radius 1 is 1.03 bits per heavy atom. The van der Waals surface area contributed by atoms with Gasteiger partial charge in [-0.15, -0.1) is 0 Å². The number of rotatable bonds is 5. The summed E-state index contributed by atoms with van der Waals surface area (Å²) in [6.45, 7) is 9.47. The van der Waals surface area contributed by atoms with Crippen LogP contribution in [0.4, 0.5) is 5.82 Å². The average molecular weight is 408 g/mol. The van der Waals surface area contributed by atoms with E-state index in [-0.39, 0.29) is 5.91 Å². The highest BCUT2D eigenvalue weighted by Gasteiger charge is 2.28. The summed E-state index contributed by atoms with van der Waals surface area (Å²) >= 11 is 0. The van der Waals surface area contributed by atoms with Crippen LogP contribution in [0.2, 0.25) is 0 Å². The van der Waals surface area contributed by atoms with Crippen molar-refractivity contribution in [3.63, 3.8) is 0 Å². The van der Waals surface area contributed by atoms with Crippen LogP contribution in [-0.4, -0.2) is 65.4 Å². The van der Waals surface area contributed by atoms with Gasteiger partial charge >= 0.3 is 0 Å². The lowest BCUT2D eigenvalue weighted by molar-refractivity contribution is 0.0733. The Hall–Kier alpha value is -2.47. The lowest BCUT2D eigenvalue weighted by Gasteiger charge is -2.37. The number of benzene rings is 1. The lowest BCUT2D eigenvalue weighted by atomic mass is 10.0. The zero-order chi connectivity index (χ0) is 21.1. The van der Waals surface area contributed by atoms with Crippen LogP contribution in [0, 0.1) is 6.92 Å². The number of carbonyl (C=O) groups excluding carboxylic acids is 1. The molecule has 0 atom stereocenters. The molecule has 3 heterocycles. The molecule has 0 radical (unpaired) electrons. The lowest BCUT2D eigenvalue weighted by Crippen LogP contribution is -2.46. The van der Waals surface area contributed by atoms with Gasteiger partial charge in [0.15, 0.2) is 0 Å². The molecule has 4 rings (SSSR count). The van der Waals surface area contributed by atoms with Crippen LogP contribution in [0.5, 0.6) is 0 Å². The smallest absolute Gasteiger partial charge is 0.254 e. The Labute approximate surface area is 179 Å². The molecule has 0 aliphatic carbocycles. The molecule has 0 bridgehead atoms. The van der Waals surface area contributed by atoms with Crippen LogP contribution in [0.1, 0.15) is 52.8 Å². The van der Waals surface area contributed by atoms with E-state index in [2.05, 4.69) is 35.9 Å². The average Bonchev–Trinajstić information content (AvgIpc) is 2.77. The minimum atomic E-state index is 0.104. The fraction of sp³-hybridized carbons (Fsp3) is 0.542. The van der Waals surface area contributed by atoms with E-state index in [0.29, 0.717) is 13.1 Å². The molecule has 2 aliphatic heterocycles. The van der Waals surface area contributed by atoms with Crippen LogP contribution in [-0.2, 0) is 19.4 Å². The van der Waals surface area contributed by atoms with Crippen molar-refractivity contribution in [3.8, 4) is 0 Å². The summed E-state index contributed by atoms with van der Waals surface area (Å²) in [6, 6.07) is 8.16. The molecule has 6 heteroatoms. The Morgan fingerprint density at radius 2 is 1.77 bits per heavy atom. The number of aryl methyl sites for hydroxylation is 2. The van der Waals surface area contributed by atoms with Gasteiger partial charge in [0.2, 0.25) is 0 Å². The molecule has 0 unspecified atom stereocenters. The van der Waals surface area contributed by atoms with Crippen molar-refractivity contribution in [2.45, 2.75) is 46.1 Å². The molecule has 2 aliphatic rings. The van der Waals surface area contributed by atoms with E-state index in [0.717, 1.165) is 67.5 Å². The number of hydrogen-bond acceptors (Lipinski definition) is 5. The second-order valence-corrected chi connectivity index (χ2v) is 8.59. The van der Waals surface area contributed by atoms with Crippen molar-refractivity contribution in [2.75, 3.05) is 44.7 Å². The molecule has 1 aromatic carbocycles. The summed E-state index contributed by atoms with van der Waals surface area (Å²) in [6.07, 6.45) is 4.24. The molecule has 30 heavy (non-hydrogen) atoms. The molecule has 160 valence electrons. The zero-order valence-corrected chi connectivity index (χ0v) is 18.5. The van der Waals surface area contributed by atoms with E-state index >= 15 is 0 Å². The molecule has 2 aromatic rings. The molecule has 1 aromatic heterocycles. The molecular weight excluding hydrogens is 374 g/mol. The normalized spacial score (nSPS) is 17.2. The number of carbonyl (C=O) groups is 1. The number of amides is 1. The first-order chi connectivity index (χ1) is 14.5. The van der Waals surface area contributed by atoms with Crippen molar-refractivity contribution in [1.29, 1.82) is 0 Å². The highest BCUT2D eigenvalue weighted by Crippen LogP contribution is 2.28. The number of nitrogens with zero attached hydrogens (tertiary/aromatic N) is 5. The van der Waals surface area contributed by atoms with Gasteiger partial charge in [0.05, 0.1) is 12.2 Å². The Bertz CT molecular complexity index is 887. The highest BCUT2D eigenvalue weighted by molar-refractivity contribution is 5.94. The Morgan fingerprint density at radius 3 is 2.47 bits per heavy atom. The van der Waals surface area contributed by atoms with E-state index in [1.807, 2.05) is 24.0 Å². The van der Waals surface area contributed by atoms with Gasteiger partial charge in [0.25, 0.3) is 5.91 Å². The number of fused-ring (bicyclic) bond motifs is 1. The van der Waals surface area contributed by atoms with Gasteiger partial charge in [-0.1, -0.05) is 25.5 Å². The predicted octanol–water partition coefficient (Wildman–Crippen LogP) is 3.08. The van der Waals surface area contributed by atoms with Gasteiger partial charge < -0.3 is 14.7 Å². The third-order valence-corrected chi connectivity index (χ3v) is 6.26. The third-order valence-electron chi connectivity index (χ3n) is 6.26. The number of piperazine rings is 1. The summed E-state index contributed by atoms with van der Waals surface area (Å²) in [7, 11) is 2.16. The molecule has 0 spiro atoms. The van der Waals surface area contributed by atoms with E-state index in [1.165, 1.54) is 18.4 Å². The number of anilines is 1. The summed E-state index contributed by atoms with van der Waals surface area (Å²) in [5.74, 6) is 1.95. The van der Waals surface area contributed by atoms with Crippen molar-refractivity contribution >= 4 is 11.7 Å². The minimum Gasteiger partial charge on any atom is -0.354 e. The van der Waals surface area contributed by atoms with Crippen molar-refractivity contribution in [2.24, 2.45) is 0 Å². The van der Waals surface area contributed by atoms with E-state index in [4.69, 9.17) is 9.97 Å². The minimum absolute atomic E-state index is 0.104. The van der Waals surface area contributed by atoms with Gasteiger partial charge in [0.1, 0.15) is 11.6 Å². The van der Waals surface area contributed by atoms with Crippen molar-refractivity contribution < 1.29 is 4.79 Å². The van der Waals surface area contributed by atoms with Crippen molar-refractivity contribution in [3.05, 3.63) is 52.5 Å². The van der Waals surface area contributed by atoms with Crippen molar-refractivity contribution in [1.82, 2.24) is 19.8 Å². The first kappa shape index (κ1) is 20.8. The monoisotopic (exact) mass is 407 g/mol. The standard InChI is InChI=1S/C24H33N5O/c1-4-5-6-19-7-9-20(10-8-19)24(30)29-12-11-22-21(17-29)23(26-18(2)25-22)28-15-13-27(3)14-16-28/h7-10H,4-6,11-17H2,1-3H3. The summed E-state index contributed by atoms with van der Waals surface area (Å²) in [4.78, 5) is 29.4. The van der Waals surface area contributed by atoms with Gasteiger partial charge in [0, 0.05) is 50.3 Å². The van der Waals surface area contributed by atoms with Crippen LogP contribution in [0.3, 0.4) is 0 Å². The fourth-order valence-corrected chi connectivity index (χ4v) is 4.35. The largest absolute Gasteiger partial charge is 0.354 e. The second-order valence-electron chi connectivity index (χ2n) is 8.59. The van der Waals surface area contributed by atoms with Gasteiger partial charge in [-0.05, 0) is 44.5 Å². The van der Waals surface area contributed by atoms with E-state index in [9.17, 15) is 4.79 Å². The highest BCUT2D eigenvalue weighted by atomic mass is 16.2. The molecule has 6 nitrogen and oxygen atoms in total. The van der Waals surface area contributed by atoms with Gasteiger partial charge in [-0.3, -0.25) is 4.79 Å². The van der Waals surface area contributed by atoms with Crippen LogP contribution < -0.4 is 4.90 Å². The number of hydrogen-bond donors (Lipinski definition) is 0. The van der Waals surface area contributed by atoms with E-state index < -0.39 is 0 Å². The predicted molar refractivity (Wildman–Crippen MR) is 120 cm³/mol. The first-order valence-electron chi connectivity index (χ1n) is 11.2. The van der Waals surface area contributed by atoms with E-state index in [1.54, 1.807) is 0 Å². The Kier molecular flexibility index (Phi) is 6.32. The molecule has 0 saturated carbocycles. The Balaban J connectivity index is 1.53. The maximum Gasteiger partial charge on any atom is 0.254 e.